The summed E-state index contributed by atoms with van der Waals surface area (Å²) in [6.45, 7) is 0. The second-order valence-electron chi connectivity index (χ2n) is 7.96. The lowest BCUT2D eigenvalue weighted by Crippen LogP contribution is -2.44. The summed E-state index contributed by atoms with van der Waals surface area (Å²) in [4.78, 5) is 26.3. The molecule has 4 heterocycles. The van der Waals surface area contributed by atoms with Gasteiger partial charge in [0.1, 0.15) is 11.6 Å². The van der Waals surface area contributed by atoms with Crippen LogP contribution in [0.1, 0.15) is 34.9 Å². The number of nitrogens with zero attached hydrogens (tertiary/aromatic N) is 6. The third-order valence-corrected chi connectivity index (χ3v) is 6.67. The molecule has 0 bridgehead atoms. The summed E-state index contributed by atoms with van der Waals surface area (Å²) in [6.07, 6.45) is 6.80. The molecule has 0 saturated heterocycles. The number of carbonyl (C=O) groups is 1. The summed E-state index contributed by atoms with van der Waals surface area (Å²) in [5.41, 5.74) is 1.32. The minimum Gasteiger partial charge on any atom is -0.349 e. The van der Waals surface area contributed by atoms with E-state index in [-0.39, 0.29) is 17.9 Å². The summed E-state index contributed by atoms with van der Waals surface area (Å²) in [7, 11) is 0. The van der Waals surface area contributed by atoms with E-state index in [4.69, 9.17) is 0 Å². The normalized spacial score (nSPS) is 17.6. The van der Waals surface area contributed by atoms with Crippen molar-refractivity contribution in [3.05, 3.63) is 83.9 Å². The second-order valence-corrected chi connectivity index (χ2v) is 8.86. The molecule has 0 radical (unpaired) electrons. The molecule has 8 nitrogen and oxygen atoms in total. The van der Waals surface area contributed by atoms with Crippen molar-refractivity contribution in [1.82, 2.24) is 35.0 Å². The van der Waals surface area contributed by atoms with Crippen molar-refractivity contribution < 1.29 is 4.79 Å². The van der Waals surface area contributed by atoms with Crippen LogP contribution in [0.4, 0.5) is 0 Å². The fourth-order valence-corrected chi connectivity index (χ4v) is 4.85. The summed E-state index contributed by atoms with van der Waals surface area (Å²) < 4.78 is 1.98. The largest absolute Gasteiger partial charge is 0.349 e. The highest BCUT2D eigenvalue weighted by Crippen LogP contribution is 2.38. The predicted octanol–water partition coefficient (Wildman–Crippen LogP) is 4.01. The van der Waals surface area contributed by atoms with Gasteiger partial charge >= 0.3 is 0 Å². The van der Waals surface area contributed by atoms with Gasteiger partial charge in [0.15, 0.2) is 10.8 Å². The molecule has 0 aliphatic heterocycles. The van der Waals surface area contributed by atoms with Crippen LogP contribution in [0.5, 0.6) is 0 Å². The number of thiazole rings is 1. The van der Waals surface area contributed by atoms with Crippen molar-refractivity contribution in [3.8, 4) is 16.6 Å². The second kappa shape index (κ2) is 8.18. The maximum atomic E-state index is 13.0. The van der Waals surface area contributed by atoms with Crippen molar-refractivity contribution >= 4 is 28.1 Å². The van der Waals surface area contributed by atoms with Crippen LogP contribution in [0.25, 0.3) is 27.6 Å². The number of fused-ring (bicyclic) bond motifs is 1. The van der Waals surface area contributed by atoms with E-state index in [0.29, 0.717) is 11.4 Å². The average molecular weight is 454 g/mol. The van der Waals surface area contributed by atoms with Crippen LogP contribution in [0.3, 0.4) is 0 Å². The van der Waals surface area contributed by atoms with Gasteiger partial charge in [-0.2, -0.15) is 0 Å². The van der Waals surface area contributed by atoms with Crippen LogP contribution in [0.2, 0.25) is 0 Å². The Morgan fingerprint density at radius 3 is 2.64 bits per heavy atom. The molecule has 4 aromatic heterocycles. The summed E-state index contributed by atoms with van der Waals surface area (Å²) in [5.74, 6) is 2.36. The van der Waals surface area contributed by atoms with Crippen LogP contribution in [0.15, 0.2) is 72.5 Å². The minimum atomic E-state index is -0.0996. The SMILES string of the molecule is O=C(N[C@H]1C[C@H](c2nnc(-c3nccs3)n2-c2ccccn2)C1)c1cccc2cccnc12. The maximum absolute atomic E-state index is 13.0. The highest BCUT2D eigenvalue weighted by atomic mass is 32.1. The molecule has 1 saturated carbocycles. The predicted molar refractivity (Wildman–Crippen MR) is 125 cm³/mol. The minimum absolute atomic E-state index is 0.0682. The van der Waals surface area contributed by atoms with Gasteiger partial charge in [0, 0.05) is 41.3 Å². The van der Waals surface area contributed by atoms with Crippen molar-refractivity contribution in [2.24, 2.45) is 0 Å². The Balaban J connectivity index is 1.23. The fourth-order valence-electron chi connectivity index (χ4n) is 4.24. The van der Waals surface area contributed by atoms with Gasteiger partial charge in [-0.15, -0.1) is 21.5 Å². The molecule has 1 aromatic carbocycles. The number of hydrogen-bond acceptors (Lipinski definition) is 7. The van der Waals surface area contributed by atoms with Crippen LogP contribution >= 0.6 is 11.3 Å². The summed E-state index contributed by atoms with van der Waals surface area (Å²) >= 11 is 1.52. The van der Waals surface area contributed by atoms with Gasteiger partial charge < -0.3 is 5.32 Å². The molecular formula is C24H19N7OS. The first-order valence-corrected chi connectivity index (χ1v) is 11.6. The molecule has 0 spiro atoms. The highest BCUT2D eigenvalue weighted by molar-refractivity contribution is 7.13. The lowest BCUT2D eigenvalue weighted by atomic mass is 9.79. The van der Waals surface area contributed by atoms with Crippen molar-refractivity contribution in [3.63, 3.8) is 0 Å². The lowest BCUT2D eigenvalue weighted by molar-refractivity contribution is 0.0908. The monoisotopic (exact) mass is 453 g/mol. The number of hydrogen-bond donors (Lipinski definition) is 1. The molecule has 33 heavy (non-hydrogen) atoms. The number of pyridine rings is 2. The molecule has 6 rings (SSSR count). The number of benzene rings is 1. The first-order chi connectivity index (χ1) is 16.3. The third-order valence-electron chi connectivity index (χ3n) is 5.91. The number of carbonyl (C=O) groups excluding carboxylic acids is 1. The maximum Gasteiger partial charge on any atom is 0.253 e. The highest BCUT2D eigenvalue weighted by Gasteiger charge is 2.36. The van der Waals surface area contributed by atoms with E-state index in [1.165, 1.54) is 11.3 Å². The van der Waals surface area contributed by atoms with Crippen LogP contribution in [0, 0.1) is 0 Å². The average Bonchev–Trinajstić information content (AvgIpc) is 3.51. The molecule has 1 N–H and O–H groups in total. The topological polar surface area (TPSA) is 98.5 Å². The fraction of sp³-hybridized carbons (Fsp3) is 0.167. The molecule has 5 aromatic rings. The van der Waals surface area contributed by atoms with Crippen LogP contribution in [-0.2, 0) is 0 Å². The van der Waals surface area contributed by atoms with Gasteiger partial charge in [-0.1, -0.05) is 24.3 Å². The van der Waals surface area contributed by atoms with Gasteiger partial charge in [0.2, 0.25) is 0 Å². The first kappa shape index (κ1) is 19.7. The number of nitrogens with one attached hydrogen (secondary N) is 1. The molecule has 9 heteroatoms. The van der Waals surface area contributed by atoms with Crippen LogP contribution < -0.4 is 5.32 Å². The van der Waals surface area contributed by atoms with Gasteiger partial charge in [0.05, 0.1) is 11.1 Å². The number of rotatable bonds is 5. The number of amides is 1. The quantitative estimate of drug-likeness (QED) is 0.432. The summed E-state index contributed by atoms with van der Waals surface area (Å²) in [5, 5.41) is 15.8. The van der Waals surface area contributed by atoms with E-state index in [2.05, 4.69) is 30.5 Å². The Bertz CT molecular complexity index is 1420. The van der Waals surface area contributed by atoms with Crippen molar-refractivity contribution in [2.45, 2.75) is 24.8 Å². The molecule has 1 fully saturated rings. The Morgan fingerprint density at radius 1 is 0.939 bits per heavy atom. The van der Waals surface area contributed by atoms with Crippen molar-refractivity contribution in [1.29, 1.82) is 0 Å². The van der Waals surface area contributed by atoms with Gasteiger partial charge in [0.25, 0.3) is 5.91 Å². The number of para-hydroxylation sites is 1. The van der Waals surface area contributed by atoms with Crippen molar-refractivity contribution in [2.75, 3.05) is 0 Å². The van der Waals surface area contributed by atoms with E-state index in [0.717, 1.165) is 40.4 Å². The number of aromatic nitrogens is 6. The molecule has 1 amide bonds. The molecule has 0 unspecified atom stereocenters. The van der Waals surface area contributed by atoms with Gasteiger partial charge in [-0.3, -0.25) is 14.3 Å². The van der Waals surface area contributed by atoms with Crippen LogP contribution in [-0.4, -0.2) is 41.7 Å². The smallest absolute Gasteiger partial charge is 0.253 e. The molecular weight excluding hydrogens is 434 g/mol. The standard InChI is InChI=1S/C24H19N7OS/c32-23(18-7-3-5-15-6-4-10-26-20(15)18)28-17-13-16(14-17)21-29-30-22(24-27-11-12-33-24)31(21)19-8-1-2-9-25-19/h1-12,16-17H,13-14H2,(H,28,32)/t16-,17-. The molecule has 0 atom stereocenters. The molecule has 162 valence electrons. The Morgan fingerprint density at radius 2 is 1.82 bits per heavy atom. The first-order valence-electron chi connectivity index (χ1n) is 10.7. The Hall–Kier alpha value is -3.98. The Labute approximate surface area is 193 Å². The summed E-state index contributed by atoms with van der Waals surface area (Å²) in [6, 6.07) is 15.3. The Kier molecular flexibility index (Phi) is 4.88. The van der Waals surface area contributed by atoms with E-state index >= 15 is 0 Å². The van der Waals surface area contributed by atoms with E-state index < -0.39 is 0 Å². The molecule has 1 aliphatic rings. The van der Waals surface area contributed by atoms with E-state index in [1.54, 1.807) is 18.6 Å². The van der Waals surface area contributed by atoms with Gasteiger partial charge in [-0.25, -0.2) is 9.97 Å². The van der Waals surface area contributed by atoms with E-state index in [1.807, 2.05) is 58.5 Å². The zero-order chi connectivity index (χ0) is 22.2. The van der Waals surface area contributed by atoms with E-state index in [9.17, 15) is 4.79 Å². The zero-order valence-corrected chi connectivity index (χ0v) is 18.3. The zero-order valence-electron chi connectivity index (χ0n) is 17.5. The third kappa shape index (κ3) is 3.56. The van der Waals surface area contributed by atoms with Gasteiger partial charge in [-0.05, 0) is 37.1 Å². The lowest BCUT2D eigenvalue weighted by Gasteiger charge is -2.35. The molecule has 1 aliphatic carbocycles.